The van der Waals surface area contributed by atoms with Crippen molar-refractivity contribution in [3.63, 3.8) is 0 Å². The predicted octanol–water partition coefficient (Wildman–Crippen LogP) is 4.25. The number of hydrogen-bond donors (Lipinski definition) is 0. The molecule has 0 bridgehead atoms. The van der Waals surface area contributed by atoms with Gasteiger partial charge in [0, 0.05) is 0 Å². The molecule has 0 radical (unpaired) electrons. The third kappa shape index (κ3) is 7.70. The van der Waals surface area contributed by atoms with Crippen LogP contribution in [0.5, 0.6) is 0 Å². The lowest BCUT2D eigenvalue weighted by molar-refractivity contribution is -0.0118. The van der Waals surface area contributed by atoms with Crippen LogP contribution in [0.25, 0.3) is 0 Å². The Hall–Kier alpha value is -0.940. The van der Waals surface area contributed by atoms with Gasteiger partial charge in [0.15, 0.2) is 6.67 Å². The van der Waals surface area contributed by atoms with Crippen LogP contribution in [0, 0.1) is 0 Å². The summed E-state index contributed by atoms with van der Waals surface area (Å²) in [6, 6.07) is 0. The van der Waals surface area contributed by atoms with Gasteiger partial charge in [0.2, 0.25) is 5.83 Å². The molecule has 0 saturated heterocycles. The number of rotatable bonds is 2. The van der Waals surface area contributed by atoms with Gasteiger partial charge in [0.25, 0.3) is 0 Å². The standard InChI is InChI=1S/C4H2F6.C4H8/c5-1-4(9,10)2(6)3(7)8;1-4(2)3/h1H2;1H2,2-3H3. The second-order valence-electron chi connectivity index (χ2n) is 2.62. The highest BCUT2D eigenvalue weighted by Crippen LogP contribution is 2.29. The quantitative estimate of drug-likeness (QED) is 0.482. The van der Waals surface area contributed by atoms with E-state index < -0.39 is 24.5 Å². The Morgan fingerprint density at radius 1 is 1.14 bits per heavy atom. The molecule has 6 heteroatoms. The van der Waals surface area contributed by atoms with Crippen molar-refractivity contribution in [1.29, 1.82) is 0 Å². The van der Waals surface area contributed by atoms with Gasteiger partial charge in [-0.25, -0.2) is 4.39 Å². The molecule has 0 aromatic carbocycles. The van der Waals surface area contributed by atoms with Crippen LogP contribution in [0.3, 0.4) is 0 Å². The molecule has 0 rings (SSSR count). The van der Waals surface area contributed by atoms with Gasteiger partial charge in [-0.2, -0.15) is 22.0 Å². The summed E-state index contributed by atoms with van der Waals surface area (Å²) in [6.07, 6.45) is -3.19. The Bertz CT molecular complexity index is 210. The lowest BCUT2D eigenvalue weighted by Gasteiger charge is -2.06. The number of alkyl halides is 3. The van der Waals surface area contributed by atoms with Gasteiger partial charge in [0.1, 0.15) is 0 Å². The van der Waals surface area contributed by atoms with Crippen LogP contribution >= 0.6 is 0 Å². The highest BCUT2D eigenvalue weighted by Gasteiger charge is 2.39. The van der Waals surface area contributed by atoms with E-state index in [0.29, 0.717) is 0 Å². The van der Waals surface area contributed by atoms with Crippen LogP contribution in [0.2, 0.25) is 0 Å². The summed E-state index contributed by atoms with van der Waals surface area (Å²) in [5.41, 5.74) is 1.17. The largest absolute Gasteiger partial charge is 0.331 e. The van der Waals surface area contributed by atoms with Crippen LogP contribution in [-0.2, 0) is 0 Å². The summed E-state index contributed by atoms with van der Waals surface area (Å²) in [4.78, 5) is 0. The van der Waals surface area contributed by atoms with E-state index in [1.807, 2.05) is 13.8 Å². The summed E-state index contributed by atoms with van der Waals surface area (Å²) in [7, 11) is 0. The Labute approximate surface area is 77.9 Å². The molecule has 0 fully saturated rings. The second kappa shape index (κ2) is 6.50. The molecule has 14 heavy (non-hydrogen) atoms. The fraction of sp³-hybridized carbons (Fsp3) is 0.500. The molecule has 0 saturated carbocycles. The SMILES string of the molecule is C=C(C)C.FCC(F)(F)C(F)=C(F)F. The highest BCUT2D eigenvalue weighted by atomic mass is 19.3. The Morgan fingerprint density at radius 3 is 1.50 bits per heavy atom. The van der Waals surface area contributed by atoms with Crippen LogP contribution < -0.4 is 0 Å². The van der Waals surface area contributed by atoms with Crippen molar-refractivity contribution >= 4 is 0 Å². The van der Waals surface area contributed by atoms with Crippen LogP contribution in [-0.4, -0.2) is 12.6 Å². The molecule has 0 aromatic rings. The zero-order chi connectivity index (χ0) is 11.9. The zero-order valence-electron chi connectivity index (χ0n) is 7.68. The van der Waals surface area contributed by atoms with Gasteiger partial charge in [0.05, 0.1) is 0 Å². The van der Waals surface area contributed by atoms with E-state index in [9.17, 15) is 26.3 Å². The average molecular weight is 220 g/mol. The minimum Gasteiger partial charge on any atom is -0.244 e. The normalized spacial score (nSPS) is 10.0. The van der Waals surface area contributed by atoms with Crippen LogP contribution in [0.1, 0.15) is 13.8 Å². The summed E-state index contributed by atoms with van der Waals surface area (Å²) >= 11 is 0. The number of hydrogen-bond acceptors (Lipinski definition) is 0. The number of halogens is 6. The molecule has 0 unspecified atom stereocenters. The van der Waals surface area contributed by atoms with Gasteiger partial charge in [-0.15, -0.1) is 6.58 Å². The van der Waals surface area contributed by atoms with Gasteiger partial charge in [-0.1, -0.05) is 5.57 Å². The van der Waals surface area contributed by atoms with Crippen LogP contribution in [0.4, 0.5) is 26.3 Å². The Balaban J connectivity index is 0. The third-order valence-electron chi connectivity index (χ3n) is 0.655. The highest BCUT2D eigenvalue weighted by molar-refractivity contribution is 5.04. The average Bonchev–Trinajstić information content (AvgIpc) is 2.02. The maximum absolute atomic E-state index is 11.5. The van der Waals surface area contributed by atoms with Crippen molar-refractivity contribution in [3.8, 4) is 0 Å². The molecule has 0 N–H and O–H groups in total. The van der Waals surface area contributed by atoms with Crippen molar-refractivity contribution in [3.05, 3.63) is 24.1 Å². The van der Waals surface area contributed by atoms with Crippen molar-refractivity contribution in [2.45, 2.75) is 19.8 Å². The number of allylic oxidation sites excluding steroid dienone is 2. The van der Waals surface area contributed by atoms with Crippen molar-refractivity contribution in [2.24, 2.45) is 0 Å². The van der Waals surface area contributed by atoms with Gasteiger partial charge >= 0.3 is 12.0 Å². The van der Waals surface area contributed by atoms with E-state index in [4.69, 9.17) is 0 Å². The summed E-state index contributed by atoms with van der Waals surface area (Å²) in [6.45, 7) is 5.04. The van der Waals surface area contributed by atoms with Gasteiger partial charge < -0.3 is 0 Å². The second-order valence-corrected chi connectivity index (χ2v) is 2.62. The van der Waals surface area contributed by atoms with Crippen molar-refractivity contribution in [2.75, 3.05) is 6.67 Å². The van der Waals surface area contributed by atoms with E-state index in [-0.39, 0.29) is 0 Å². The first-order valence-corrected chi connectivity index (χ1v) is 3.42. The fourth-order valence-electron chi connectivity index (χ4n) is 0.197. The first kappa shape index (κ1) is 15.5. The van der Waals surface area contributed by atoms with Gasteiger partial charge in [-0.05, 0) is 13.8 Å². The molecule has 0 aliphatic heterocycles. The molecule has 0 heterocycles. The lowest BCUT2D eigenvalue weighted by atomic mass is 10.3. The molecule has 0 aromatic heterocycles. The smallest absolute Gasteiger partial charge is 0.244 e. The Kier molecular flexibility index (Phi) is 7.21. The minimum atomic E-state index is -4.68. The summed E-state index contributed by atoms with van der Waals surface area (Å²) in [5.74, 6) is -7.69. The fourth-order valence-corrected chi connectivity index (χ4v) is 0.197. The maximum Gasteiger partial charge on any atom is 0.331 e. The summed E-state index contributed by atoms with van der Waals surface area (Å²) < 4.78 is 67.4. The molecule has 0 aliphatic rings. The zero-order valence-corrected chi connectivity index (χ0v) is 7.68. The third-order valence-corrected chi connectivity index (χ3v) is 0.655. The maximum atomic E-state index is 11.5. The molecular formula is C8H10F6. The van der Waals surface area contributed by atoms with E-state index in [1.165, 1.54) is 5.57 Å². The van der Waals surface area contributed by atoms with Crippen molar-refractivity contribution < 1.29 is 26.3 Å². The molecule has 0 amide bonds. The molecule has 0 spiro atoms. The predicted molar refractivity (Wildman–Crippen MR) is 41.8 cm³/mol. The topological polar surface area (TPSA) is 0 Å². The molecule has 0 atom stereocenters. The Morgan fingerprint density at radius 2 is 1.43 bits per heavy atom. The van der Waals surface area contributed by atoms with Crippen LogP contribution in [0.15, 0.2) is 24.1 Å². The lowest BCUT2D eigenvalue weighted by Crippen LogP contribution is -2.19. The van der Waals surface area contributed by atoms with E-state index >= 15 is 0 Å². The molecule has 0 aliphatic carbocycles. The molecule has 84 valence electrons. The first-order chi connectivity index (χ1) is 6.15. The van der Waals surface area contributed by atoms with E-state index in [0.717, 1.165) is 0 Å². The van der Waals surface area contributed by atoms with Crippen molar-refractivity contribution in [1.82, 2.24) is 0 Å². The van der Waals surface area contributed by atoms with Gasteiger partial charge in [-0.3, -0.25) is 0 Å². The summed E-state index contributed by atoms with van der Waals surface area (Å²) in [5, 5.41) is 0. The molecular weight excluding hydrogens is 210 g/mol. The monoisotopic (exact) mass is 220 g/mol. The van der Waals surface area contributed by atoms with E-state index in [2.05, 4.69) is 6.58 Å². The molecule has 0 nitrogen and oxygen atoms in total. The minimum absolute atomic E-state index is 1.17. The van der Waals surface area contributed by atoms with E-state index in [1.54, 1.807) is 0 Å². The first-order valence-electron chi connectivity index (χ1n) is 3.42.